The van der Waals surface area contributed by atoms with Crippen LogP contribution in [0, 0.1) is 12.3 Å². The van der Waals surface area contributed by atoms with Crippen molar-refractivity contribution < 1.29 is 14.7 Å². The molecular weight excluding hydrogens is 172 g/mol. The molecule has 13 heavy (non-hydrogen) atoms. The quantitative estimate of drug-likeness (QED) is 0.368. The van der Waals surface area contributed by atoms with Crippen LogP contribution in [0.5, 0.6) is 0 Å². The van der Waals surface area contributed by atoms with Crippen LogP contribution in [0.3, 0.4) is 0 Å². The molecule has 5 heteroatoms. The summed E-state index contributed by atoms with van der Waals surface area (Å²) in [7, 11) is 0. The second kappa shape index (κ2) is 3.29. The summed E-state index contributed by atoms with van der Waals surface area (Å²) in [5.41, 5.74) is 5.32. The number of aliphatic hydroxyl groups excluding tert-OH is 1. The number of nitrogens with two attached hydrogens (primary N) is 1. The Bertz CT molecular complexity index is 338. The smallest absolute Gasteiger partial charge is 0.293 e. The van der Waals surface area contributed by atoms with Crippen LogP contribution >= 0.6 is 0 Å². The molecular formula is C8H8N2O3. The highest BCUT2D eigenvalue weighted by Gasteiger charge is 2.33. The third kappa shape index (κ3) is 1.53. The molecule has 0 fully saturated rings. The third-order valence-electron chi connectivity index (χ3n) is 1.65. The number of aliphatic hydroxyl groups is 1. The zero-order valence-corrected chi connectivity index (χ0v) is 6.70. The van der Waals surface area contributed by atoms with Crippen LogP contribution in [0.15, 0.2) is 11.3 Å². The summed E-state index contributed by atoms with van der Waals surface area (Å²) in [5.74, 6) is 0.105. The molecule has 0 saturated carbocycles. The van der Waals surface area contributed by atoms with Crippen molar-refractivity contribution in [1.29, 1.82) is 0 Å². The summed E-state index contributed by atoms with van der Waals surface area (Å²) in [4.78, 5) is 21.8. The predicted molar refractivity (Wildman–Crippen MR) is 44.2 cm³/mol. The Hall–Kier alpha value is -1.80. The Labute approximate surface area is 74.6 Å². The SMILES string of the molecule is C#CCC(N)C1=C(O)C(=O)NC1=O. The van der Waals surface area contributed by atoms with Gasteiger partial charge in [-0.1, -0.05) is 0 Å². The van der Waals surface area contributed by atoms with Crippen molar-refractivity contribution in [3.8, 4) is 12.3 Å². The maximum absolute atomic E-state index is 11.0. The standard InChI is InChI=1S/C8H8N2O3/c1-2-3-4(9)5-6(11)8(13)10-7(5)12/h1,4H,3,9H2,(H2,10,11,12,13). The van der Waals surface area contributed by atoms with Gasteiger partial charge in [-0.15, -0.1) is 12.3 Å². The largest absolute Gasteiger partial charge is 0.503 e. The van der Waals surface area contributed by atoms with Crippen LogP contribution in [-0.4, -0.2) is 23.0 Å². The molecule has 0 aliphatic carbocycles. The van der Waals surface area contributed by atoms with Gasteiger partial charge in [-0.05, 0) is 0 Å². The average molecular weight is 180 g/mol. The zero-order valence-electron chi connectivity index (χ0n) is 6.70. The van der Waals surface area contributed by atoms with Gasteiger partial charge in [0.1, 0.15) is 0 Å². The van der Waals surface area contributed by atoms with Crippen molar-refractivity contribution in [2.45, 2.75) is 12.5 Å². The molecule has 4 N–H and O–H groups in total. The monoisotopic (exact) mass is 180 g/mol. The van der Waals surface area contributed by atoms with E-state index in [1.807, 2.05) is 5.32 Å². The molecule has 1 rings (SSSR count). The second-order valence-corrected chi connectivity index (χ2v) is 2.56. The van der Waals surface area contributed by atoms with Gasteiger partial charge in [0.05, 0.1) is 5.57 Å². The third-order valence-corrected chi connectivity index (χ3v) is 1.65. The van der Waals surface area contributed by atoms with Crippen LogP contribution in [0.1, 0.15) is 6.42 Å². The van der Waals surface area contributed by atoms with Crippen LogP contribution in [0.4, 0.5) is 0 Å². The normalized spacial score (nSPS) is 18.5. The molecule has 68 valence electrons. The molecule has 2 amide bonds. The fraction of sp³-hybridized carbons (Fsp3) is 0.250. The molecule has 1 aliphatic heterocycles. The Morgan fingerprint density at radius 1 is 1.54 bits per heavy atom. The first-order valence-corrected chi connectivity index (χ1v) is 3.55. The minimum Gasteiger partial charge on any atom is -0.503 e. The van der Waals surface area contributed by atoms with Crippen LogP contribution in [-0.2, 0) is 9.59 Å². The Kier molecular flexibility index (Phi) is 2.35. The molecule has 1 unspecified atom stereocenters. The van der Waals surface area contributed by atoms with Gasteiger partial charge in [-0.2, -0.15) is 0 Å². The summed E-state index contributed by atoms with van der Waals surface area (Å²) in [6, 6.07) is -0.795. The average Bonchev–Trinajstić information content (AvgIpc) is 2.27. The molecule has 0 radical (unpaired) electrons. The summed E-state index contributed by atoms with van der Waals surface area (Å²) >= 11 is 0. The van der Waals surface area contributed by atoms with E-state index in [2.05, 4.69) is 5.92 Å². The lowest BCUT2D eigenvalue weighted by molar-refractivity contribution is -0.125. The van der Waals surface area contributed by atoms with E-state index in [1.54, 1.807) is 0 Å². The number of amides is 2. The van der Waals surface area contributed by atoms with E-state index in [0.29, 0.717) is 0 Å². The number of carbonyl (C=O) groups is 2. The molecule has 0 aromatic heterocycles. The van der Waals surface area contributed by atoms with E-state index in [1.165, 1.54) is 0 Å². The van der Waals surface area contributed by atoms with Crippen LogP contribution in [0.2, 0.25) is 0 Å². The van der Waals surface area contributed by atoms with Gasteiger partial charge in [0.25, 0.3) is 11.8 Å². The van der Waals surface area contributed by atoms with Crippen molar-refractivity contribution in [2.24, 2.45) is 5.73 Å². The Balaban J connectivity index is 2.96. The Morgan fingerprint density at radius 2 is 2.15 bits per heavy atom. The van der Waals surface area contributed by atoms with Gasteiger partial charge in [0.2, 0.25) is 0 Å². The fourth-order valence-corrected chi connectivity index (χ4v) is 1.03. The molecule has 1 atom stereocenters. The highest BCUT2D eigenvalue weighted by Crippen LogP contribution is 2.14. The molecule has 0 bridgehead atoms. The van der Waals surface area contributed by atoms with Crippen molar-refractivity contribution in [1.82, 2.24) is 5.32 Å². The van der Waals surface area contributed by atoms with Gasteiger partial charge in [-0.3, -0.25) is 14.9 Å². The molecule has 0 spiro atoms. The predicted octanol–water partition coefficient (Wildman–Crippen LogP) is -1.19. The summed E-state index contributed by atoms with van der Waals surface area (Å²) in [6.07, 6.45) is 5.07. The maximum atomic E-state index is 11.0. The highest BCUT2D eigenvalue weighted by atomic mass is 16.3. The number of hydrogen-bond acceptors (Lipinski definition) is 4. The molecule has 1 aliphatic rings. The lowest BCUT2D eigenvalue weighted by atomic mass is 10.1. The first kappa shape index (κ1) is 9.29. The molecule has 0 saturated heterocycles. The van der Waals surface area contributed by atoms with E-state index >= 15 is 0 Å². The van der Waals surface area contributed by atoms with Crippen LogP contribution < -0.4 is 11.1 Å². The Morgan fingerprint density at radius 3 is 2.54 bits per heavy atom. The van der Waals surface area contributed by atoms with E-state index < -0.39 is 23.6 Å². The number of rotatable bonds is 2. The van der Waals surface area contributed by atoms with Gasteiger partial charge >= 0.3 is 0 Å². The molecule has 1 heterocycles. The second-order valence-electron chi connectivity index (χ2n) is 2.56. The fourth-order valence-electron chi connectivity index (χ4n) is 1.03. The van der Waals surface area contributed by atoms with Crippen molar-refractivity contribution in [3.05, 3.63) is 11.3 Å². The topological polar surface area (TPSA) is 92.4 Å². The van der Waals surface area contributed by atoms with Gasteiger partial charge in [0.15, 0.2) is 5.76 Å². The minimum absolute atomic E-state index is 0.0973. The van der Waals surface area contributed by atoms with Gasteiger partial charge in [0, 0.05) is 12.5 Å². The number of imide groups is 1. The van der Waals surface area contributed by atoms with Crippen molar-refractivity contribution in [3.63, 3.8) is 0 Å². The summed E-state index contributed by atoms with van der Waals surface area (Å²) in [5, 5.41) is 11.0. The van der Waals surface area contributed by atoms with E-state index in [-0.39, 0.29) is 12.0 Å². The number of hydrogen-bond donors (Lipinski definition) is 3. The van der Waals surface area contributed by atoms with Gasteiger partial charge < -0.3 is 10.8 Å². The lowest BCUT2D eigenvalue weighted by Crippen LogP contribution is -2.30. The molecule has 5 nitrogen and oxygen atoms in total. The summed E-state index contributed by atoms with van der Waals surface area (Å²) in [6.45, 7) is 0. The lowest BCUT2D eigenvalue weighted by Gasteiger charge is -2.06. The minimum atomic E-state index is -0.826. The molecule has 0 aromatic carbocycles. The first-order chi connectivity index (χ1) is 6.07. The van der Waals surface area contributed by atoms with Crippen molar-refractivity contribution in [2.75, 3.05) is 0 Å². The zero-order chi connectivity index (χ0) is 10.0. The van der Waals surface area contributed by atoms with Gasteiger partial charge in [-0.25, -0.2) is 0 Å². The highest BCUT2D eigenvalue weighted by molar-refractivity contribution is 6.18. The number of carbonyl (C=O) groups excluding carboxylic acids is 2. The number of terminal acetylenes is 1. The van der Waals surface area contributed by atoms with Crippen LogP contribution in [0.25, 0.3) is 0 Å². The molecule has 0 aromatic rings. The van der Waals surface area contributed by atoms with E-state index in [0.717, 1.165) is 0 Å². The van der Waals surface area contributed by atoms with E-state index in [9.17, 15) is 9.59 Å². The van der Waals surface area contributed by atoms with Crippen molar-refractivity contribution >= 4 is 11.8 Å². The van der Waals surface area contributed by atoms with E-state index in [4.69, 9.17) is 17.3 Å². The summed E-state index contributed by atoms with van der Waals surface area (Å²) < 4.78 is 0. The first-order valence-electron chi connectivity index (χ1n) is 3.55. The number of nitrogens with one attached hydrogen (secondary N) is 1. The maximum Gasteiger partial charge on any atom is 0.293 e.